The molecular formula is C10H8FN3O2S. The molecule has 0 unspecified atom stereocenters. The number of carbonyl (C=O) groups excluding carboxylic acids is 1. The van der Waals surface area contributed by atoms with Gasteiger partial charge in [0.2, 0.25) is 5.13 Å². The second-order valence-electron chi connectivity index (χ2n) is 3.04. The zero-order chi connectivity index (χ0) is 12.3. The van der Waals surface area contributed by atoms with Crippen LogP contribution >= 0.6 is 11.3 Å². The van der Waals surface area contributed by atoms with E-state index in [4.69, 9.17) is 4.74 Å². The third-order valence-corrected chi connectivity index (χ3v) is 2.61. The van der Waals surface area contributed by atoms with E-state index in [2.05, 4.69) is 15.5 Å². The highest BCUT2D eigenvalue weighted by Gasteiger charge is 2.13. The van der Waals surface area contributed by atoms with E-state index in [1.54, 1.807) is 0 Å². The van der Waals surface area contributed by atoms with Crippen molar-refractivity contribution in [1.82, 2.24) is 10.2 Å². The zero-order valence-corrected chi connectivity index (χ0v) is 9.62. The van der Waals surface area contributed by atoms with E-state index >= 15 is 0 Å². The van der Waals surface area contributed by atoms with Gasteiger partial charge in [-0.15, -0.1) is 10.2 Å². The lowest BCUT2D eigenvalue weighted by molar-refractivity contribution is 0.102. The van der Waals surface area contributed by atoms with E-state index in [1.165, 1.54) is 24.8 Å². The normalized spacial score (nSPS) is 10.0. The SMILES string of the molecule is COc1ccc(C(=O)Nc2nncs2)c(F)c1. The Kier molecular flexibility index (Phi) is 3.29. The number of nitrogens with one attached hydrogen (secondary N) is 1. The van der Waals surface area contributed by atoms with Crippen LogP contribution in [-0.2, 0) is 0 Å². The molecule has 1 N–H and O–H groups in total. The zero-order valence-electron chi connectivity index (χ0n) is 8.81. The Balaban J connectivity index is 2.19. The Morgan fingerprint density at radius 3 is 2.94 bits per heavy atom. The van der Waals surface area contributed by atoms with Crippen molar-refractivity contribution in [2.75, 3.05) is 12.4 Å². The summed E-state index contributed by atoms with van der Waals surface area (Å²) in [5.74, 6) is -0.858. The van der Waals surface area contributed by atoms with Crippen molar-refractivity contribution in [3.8, 4) is 5.75 Å². The summed E-state index contributed by atoms with van der Waals surface area (Å²) in [4.78, 5) is 11.7. The number of amides is 1. The summed E-state index contributed by atoms with van der Waals surface area (Å²) >= 11 is 1.16. The summed E-state index contributed by atoms with van der Waals surface area (Å²) in [6.07, 6.45) is 0. The number of aromatic nitrogens is 2. The molecule has 0 fully saturated rings. The number of nitrogens with zero attached hydrogens (tertiary/aromatic N) is 2. The summed E-state index contributed by atoms with van der Waals surface area (Å²) in [6, 6.07) is 4.01. The Bertz CT molecular complexity index is 530. The van der Waals surface area contributed by atoms with Gasteiger partial charge < -0.3 is 4.74 Å². The molecule has 1 aromatic carbocycles. The van der Waals surface area contributed by atoms with Crippen LogP contribution in [0.1, 0.15) is 10.4 Å². The molecule has 0 atom stereocenters. The summed E-state index contributed by atoms with van der Waals surface area (Å²) in [5.41, 5.74) is 1.40. The van der Waals surface area contributed by atoms with Gasteiger partial charge in [0.15, 0.2) is 0 Å². The van der Waals surface area contributed by atoms with Crippen LogP contribution in [-0.4, -0.2) is 23.2 Å². The molecule has 0 aliphatic carbocycles. The Morgan fingerprint density at radius 1 is 1.53 bits per heavy atom. The average molecular weight is 253 g/mol. The van der Waals surface area contributed by atoms with Crippen LogP contribution in [0.15, 0.2) is 23.7 Å². The largest absolute Gasteiger partial charge is 0.497 e. The fourth-order valence-electron chi connectivity index (χ4n) is 1.20. The standard InChI is InChI=1S/C10H8FN3O2S/c1-16-6-2-3-7(8(11)4-6)9(15)13-10-14-12-5-17-10/h2-5H,1H3,(H,13,14,15). The van der Waals surface area contributed by atoms with Crippen molar-refractivity contribution in [2.24, 2.45) is 0 Å². The molecule has 0 aliphatic heterocycles. The van der Waals surface area contributed by atoms with E-state index in [0.717, 1.165) is 17.4 Å². The minimum atomic E-state index is -0.647. The number of ether oxygens (including phenoxy) is 1. The van der Waals surface area contributed by atoms with Crippen LogP contribution in [0.25, 0.3) is 0 Å². The maximum Gasteiger partial charge on any atom is 0.260 e. The van der Waals surface area contributed by atoms with Gasteiger partial charge in [-0.05, 0) is 12.1 Å². The number of methoxy groups -OCH3 is 1. The summed E-state index contributed by atoms with van der Waals surface area (Å²) < 4.78 is 18.4. The van der Waals surface area contributed by atoms with Gasteiger partial charge in [0, 0.05) is 6.07 Å². The number of hydrogen-bond acceptors (Lipinski definition) is 5. The molecule has 0 saturated carbocycles. The lowest BCUT2D eigenvalue weighted by Gasteiger charge is -2.04. The molecule has 88 valence electrons. The van der Waals surface area contributed by atoms with Crippen LogP contribution in [0.4, 0.5) is 9.52 Å². The van der Waals surface area contributed by atoms with Gasteiger partial charge in [0.1, 0.15) is 17.1 Å². The topological polar surface area (TPSA) is 64.1 Å². The van der Waals surface area contributed by atoms with Crippen LogP contribution < -0.4 is 10.1 Å². The van der Waals surface area contributed by atoms with Crippen molar-refractivity contribution in [1.29, 1.82) is 0 Å². The highest BCUT2D eigenvalue weighted by Crippen LogP contribution is 2.18. The molecule has 1 heterocycles. The van der Waals surface area contributed by atoms with E-state index in [-0.39, 0.29) is 5.56 Å². The van der Waals surface area contributed by atoms with E-state index in [1.807, 2.05) is 0 Å². The van der Waals surface area contributed by atoms with Crippen molar-refractivity contribution >= 4 is 22.4 Å². The Morgan fingerprint density at radius 2 is 2.35 bits per heavy atom. The fourth-order valence-corrected chi connectivity index (χ4v) is 1.64. The molecule has 1 aromatic heterocycles. The van der Waals surface area contributed by atoms with Crippen LogP contribution in [0.3, 0.4) is 0 Å². The summed E-state index contributed by atoms with van der Waals surface area (Å²) in [5, 5.41) is 9.96. The minimum absolute atomic E-state index is 0.0685. The second kappa shape index (κ2) is 4.88. The number of halogens is 1. The van der Waals surface area contributed by atoms with E-state index in [0.29, 0.717) is 10.9 Å². The molecular weight excluding hydrogens is 245 g/mol. The number of rotatable bonds is 3. The molecule has 0 radical (unpaired) electrons. The molecule has 7 heteroatoms. The first-order valence-corrected chi connectivity index (χ1v) is 5.49. The van der Waals surface area contributed by atoms with Crippen LogP contribution in [0, 0.1) is 5.82 Å². The van der Waals surface area contributed by atoms with Crippen molar-refractivity contribution < 1.29 is 13.9 Å². The Labute approximate surface area is 100 Å². The van der Waals surface area contributed by atoms with Crippen molar-refractivity contribution in [2.45, 2.75) is 0 Å². The Hall–Kier alpha value is -2.02. The molecule has 1 amide bonds. The molecule has 0 aliphatic rings. The maximum absolute atomic E-state index is 13.5. The van der Waals surface area contributed by atoms with Gasteiger partial charge in [0.05, 0.1) is 12.7 Å². The first-order valence-electron chi connectivity index (χ1n) is 4.62. The number of carbonyl (C=O) groups is 1. The number of benzene rings is 1. The van der Waals surface area contributed by atoms with Crippen molar-refractivity contribution in [3.63, 3.8) is 0 Å². The molecule has 17 heavy (non-hydrogen) atoms. The maximum atomic E-state index is 13.5. The smallest absolute Gasteiger partial charge is 0.260 e. The quantitative estimate of drug-likeness (QED) is 0.907. The number of hydrogen-bond donors (Lipinski definition) is 1. The monoisotopic (exact) mass is 253 g/mol. The first kappa shape index (κ1) is 11.5. The van der Waals surface area contributed by atoms with Crippen LogP contribution in [0.2, 0.25) is 0 Å². The minimum Gasteiger partial charge on any atom is -0.497 e. The van der Waals surface area contributed by atoms with Gasteiger partial charge in [-0.25, -0.2) is 4.39 Å². The van der Waals surface area contributed by atoms with Gasteiger partial charge >= 0.3 is 0 Å². The second-order valence-corrected chi connectivity index (χ2v) is 3.88. The van der Waals surface area contributed by atoms with Gasteiger partial charge in [-0.1, -0.05) is 11.3 Å². The lowest BCUT2D eigenvalue weighted by Crippen LogP contribution is -2.13. The van der Waals surface area contributed by atoms with Crippen molar-refractivity contribution in [3.05, 3.63) is 35.1 Å². The molecule has 0 saturated heterocycles. The summed E-state index contributed by atoms with van der Waals surface area (Å²) in [6.45, 7) is 0. The number of anilines is 1. The molecule has 0 spiro atoms. The molecule has 2 rings (SSSR count). The summed E-state index contributed by atoms with van der Waals surface area (Å²) in [7, 11) is 1.43. The predicted molar refractivity (Wildman–Crippen MR) is 60.8 cm³/mol. The predicted octanol–water partition coefficient (Wildman–Crippen LogP) is 1.94. The highest BCUT2D eigenvalue weighted by atomic mass is 32.1. The van der Waals surface area contributed by atoms with Gasteiger partial charge in [-0.3, -0.25) is 10.1 Å². The van der Waals surface area contributed by atoms with Gasteiger partial charge in [-0.2, -0.15) is 0 Å². The fraction of sp³-hybridized carbons (Fsp3) is 0.100. The van der Waals surface area contributed by atoms with Gasteiger partial charge in [0.25, 0.3) is 5.91 Å². The third-order valence-electron chi connectivity index (χ3n) is 2.00. The molecule has 0 bridgehead atoms. The molecule has 5 nitrogen and oxygen atoms in total. The van der Waals surface area contributed by atoms with E-state index in [9.17, 15) is 9.18 Å². The molecule has 2 aromatic rings. The third kappa shape index (κ3) is 2.56. The lowest BCUT2D eigenvalue weighted by atomic mass is 10.2. The highest BCUT2D eigenvalue weighted by molar-refractivity contribution is 7.13. The average Bonchev–Trinajstić information content (AvgIpc) is 2.81. The van der Waals surface area contributed by atoms with E-state index < -0.39 is 11.7 Å². The van der Waals surface area contributed by atoms with Crippen LogP contribution in [0.5, 0.6) is 5.75 Å². The first-order chi connectivity index (χ1) is 8.20.